The molecule has 2 saturated heterocycles. The van der Waals surface area contributed by atoms with E-state index >= 15 is 0 Å². The molecule has 2 atom stereocenters. The van der Waals surface area contributed by atoms with Crippen molar-refractivity contribution in [2.75, 3.05) is 13.2 Å². The molecule has 0 amide bonds. The maximum Gasteiger partial charge on any atom is 0.184 e. The van der Waals surface area contributed by atoms with E-state index in [4.69, 9.17) is 14.2 Å². The van der Waals surface area contributed by atoms with Gasteiger partial charge in [0.15, 0.2) is 6.29 Å². The largest absolute Gasteiger partial charge is 0.375 e. The van der Waals surface area contributed by atoms with Gasteiger partial charge in [-0.1, -0.05) is 30.3 Å². The summed E-state index contributed by atoms with van der Waals surface area (Å²) in [4.78, 5) is 0. The molecule has 2 aliphatic heterocycles. The third-order valence-electron chi connectivity index (χ3n) is 4.05. The third-order valence-corrected chi connectivity index (χ3v) is 4.05. The monoisotopic (exact) mass is 262 g/mol. The Hall–Kier alpha value is -0.900. The van der Waals surface area contributed by atoms with E-state index in [1.54, 1.807) is 0 Å². The van der Waals surface area contributed by atoms with E-state index in [2.05, 4.69) is 26.0 Å². The van der Waals surface area contributed by atoms with Crippen LogP contribution in [0.15, 0.2) is 30.3 Å². The van der Waals surface area contributed by atoms with Gasteiger partial charge >= 0.3 is 0 Å². The normalized spacial score (nSPS) is 34.3. The molecule has 0 aromatic heterocycles. The highest BCUT2D eigenvalue weighted by molar-refractivity contribution is 5.16. The van der Waals surface area contributed by atoms with Crippen LogP contribution in [0.25, 0.3) is 0 Å². The number of rotatable bonds is 1. The molecule has 0 radical (unpaired) electrons. The molecule has 1 aromatic rings. The minimum absolute atomic E-state index is 0.0828. The highest BCUT2D eigenvalue weighted by Crippen LogP contribution is 2.43. The Bertz CT molecular complexity index is 425. The first-order valence-corrected chi connectivity index (χ1v) is 7.07. The Morgan fingerprint density at radius 2 is 1.79 bits per heavy atom. The van der Waals surface area contributed by atoms with Crippen molar-refractivity contribution in [2.45, 2.75) is 50.6 Å². The molecule has 0 N–H and O–H groups in total. The van der Waals surface area contributed by atoms with Crippen LogP contribution in [0.2, 0.25) is 0 Å². The quantitative estimate of drug-likeness (QED) is 0.776. The van der Waals surface area contributed by atoms with Crippen LogP contribution in [0.5, 0.6) is 0 Å². The first-order valence-electron chi connectivity index (χ1n) is 7.07. The average molecular weight is 262 g/mol. The molecule has 19 heavy (non-hydrogen) atoms. The fourth-order valence-electron chi connectivity index (χ4n) is 3.19. The van der Waals surface area contributed by atoms with Crippen molar-refractivity contribution < 1.29 is 14.2 Å². The Kier molecular flexibility index (Phi) is 3.37. The second kappa shape index (κ2) is 4.89. The van der Waals surface area contributed by atoms with Gasteiger partial charge in [0, 0.05) is 24.8 Å². The second-order valence-electron chi connectivity index (χ2n) is 6.20. The third kappa shape index (κ3) is 2.83. The molecule has 2 fully saturated rings. The molecule has 1 spiro atoms. The molecule has 0 saturated carbocycles. The number of hydrogen-bond donors (Lipinski definition) is 0. The molecule has 0 unspecified atom stereocenters. The Morgan fingerprint density at radius 1 is 1.05 bits per heavy atom. The second-order valence-corrected chi connectivity index (χ2v) is 6.20. The summed E-state index contributed by atoms with van der Waals surface area (Å²) >= 11 is 0. The summed E-state index contributed by atoms with van der Waals surface area (Å²) in [5, 5.41) is 0. The first kappa shape index (κ1) is 13.1. The molecule has 2 heterocycles. The van der Waals surface area contributed by atoms with Crippen LogP contribution in [0, 0.1) is 0 Å². The topological polar surface area (TPSA) is 27.7 Å². The molecular weight excluding hydrogens is 240 g/mol. The van der Waals surface area contributed by atoms with Gasteiger partial charge in [-0.05, 0) is 13.8 Å². The van der Waals surface area contributed by atoms with Crippen molar-refractivity contribution in [1.29, 1.82) is 0 Å². The van der Waals surface area contributed by atoms with Gasteiger partial charge in [0.05, 0.1) is 24.4 Å². The number of ether oxygens (including phenoxy) is 3. The van der Waals surface area contributed by atoms with Gasteiger partial charge < -0.3 is 14.2 Å². The molecule has 3 rings (SSSR count). The van der Waals surface area contributed by atoms with Gasteiger partial charge in [0.25, 0.3) is 0 Å². The van der Waals surface area contributed by atoms with Gasteiger partial charge in [-0.25, -0.2) is 0 Å². The number of benzene rings is 1. The van der Waals surface area contributed by atoms with E-state index in [0.29, 0.717) is 0 Å². The summed E-state index contributed by atoms with van der Waals surface area (Å²) in [5.41, 5.74) is 0.919. The minimum atomic E-state index is -0.233. The fourth-order valence-corrected chi connectivity index (χ4v) is 3.19. The maximum absolute atomic E-state index is 6.33. The van der Waals surface area contributed by atoms with Gasteiger partial charge in [-0.3, -0.25) is 0 Å². The SMILES string of the molecule is CC1(C)C[C@@]2(CCO[C@H](c3ccccc3)O2)CCO1. The van der Waals surface area contributed by atoms with Crippen molar-refractivity contribution in [2.24, 2.45) is 0 Å². The molecule has 2 aliphatic rings. The smallest absolute Gasteiger partial charge is 0.184 e. The summed E-state index contributed by atoms with van der Waals surface area (Å²) in [7, 11) is 0. The Morgan fingerprint density at radius 3 is 2.53 bits per heavy atom. The van der Waals surface area contributed by atoms with Crippen LogP contribution in [-0.4, -0.2) is 24.4 Å². The lowest BCUT2D eigenvalue weighted by Gasteiger charge is -2.48. The van der Waals surface area contributed by atoms with Gasteiger partial charge in [-0.2, -0.15) is 0 Å². The van der Waals surface area contributed by atoms with Crippen molar-refractivity contribution in [3.63, 3.8) is 0 Å². The van der Waals surface area contributed by atoms with Crippen LogP contribution in [-0.2, 0) is 14.2 Å². The summed E-state index contributed by atoms with van der Waals surface area (Å²) in [6, 6.07) is 10.2. The van der Waals surface area contributed by atoms with Crippen LogP contribution in [0.3, 0.4) is 0 Å². The van der Waals surface area contributed by atoms with Gasteiger partial charge in [-0.15, -0.1) is 0 Å². The molecule has 104 valence electrons. The summed E-state index contributed by atoms with van der Waals surface area (Å²) in [6.45, 7) is 5.82. The van der Waals surface area contributed by atoms with Gasteiger partial charge in [0.1, 0.15) is 0 Å². The van der Waals surface area contributed by atoms with Crippen molar-refractivity contribution in [1.82, 2.24) is 0 Å². The van der Waals surface area contributed by atoms with Gasteiger partial charge in [0.2, 0.25) is 0 Å². The van der Waals surface area contributed by atoms with Crippen LogP contribution in [0.1, 0.15) is 45.0 Å². The lowest BCUT2D eigenvalue weighted by atomic mass is 9.81. The lowest BCUT2D eigenvalue weighted by Crippen LogP contribution is -2.50. The zero-order valence-corrected chi connectivity index (χ0v) is 11.7. The highest BCUT2D eigenvalue weighted by atomic mass is 16.7. The molecule has 0 aliphatic carbocycles. The highest BCUT2D eigenvalue weighted by Gasteiger charge is 2.45. The molecule has 3 heteroatoms. The zero-order chi connectivity index (χ0) is 13.3. The van der Waals surface area contributed by atoms with Crippen LogP contribution in [0.4, 0.5) is 0 Å². The van der Waals surface area contributed by atoms with Crippen LogP contribution < -0.4 is 0 Å². The first-order chi connectivity index (χ1) is 9.09. The Balaban J connectivity index is 1.78. The number of hydrogen-bond acceptors (Lipinski definition) is 3. The van der Waals surface area contributed by atoms with Crippen molar-refractivity contribution in [3.8, 4) is 0 Å². The van der Waals surface area contributed by atoms with E-state index in [1.165, 1.54) is 0 Å². The lowest BCUT2D eigenvalue weighted by molar-refractivity contribution is -0.293. The Labute approximate surface area is 114 Å². The maximum atomic E-state index is 6.33. The standard InChI is InChI=1S/C16H22O3/c1-15(2)12-16(9-11-18-15)8-10-17-14(19-16)13-6-4-3-5-7-13/h3-7,14H,8-12H2,1-2H3/t14-,16+/m0/s1. The predicted octanol–water partition coefficient (Wildman–Crippen LogP) is 3.45. The fraction of sp³-hybridized carbons (Fsp3) is 0.625. The van der Waals surface area contributed by atoms with E-state index < -0.39 is 0 Å². The van der Waals surface area contributed by atoms with E-state index in [-0.39, 0.29) is 17.5 Å². The zero-order valence-electron chi connectivity index (χ0n) is 11.7. The van der Waals surface area contributed by atoms with Crippen molar-refractivity contribution in [3.05, 3.63) is 35.9 Å². The van der Waals surface area contributed by atoms with Crippen LogP contribution >= 0.6 is 0 Å². The predicted molar refractivity (Wildman–Crippen MR) is 72.8 cm³/mol. The molecule has 0 bridgehead atoms. The summed E-state index contributed by atoms with van der Waals surface area (Å²) < 4.78 is 17.9. The van der Waals surface area contributed by atoms with E-state index in [1.807, 2.05) is 18.2 Å². The van der Waals surface area contributed by atoms with Crippen molar-refractivity contribution >= 4 is 0 Å². The van der Waals surface area contributed by atoms with E-state index in [0.717, 1.165) is 38.0 Å². The summed E-state index contributed by atoms with van der Waals surface area (Å²) in [5.74, 6) is 0. The molecule has 1 aromatic carbocycles. The minimum Gasteiger partial charge on any atom is -0.375 e. The molecular formula is C16H22O3. The van der Waals surface area contributed by atoms with E-state index in [9.17, 15) is 0 Å². The summed E-state index contributed by atoms with van der Waals surface area (Å²) in [6.07, 6.45) is 2.63. The average Bonchev–Trinajstić information content (AvgIpc) is 2.38. The molecule has 3 nitrogen and oxygen atoms in total.